The molecule has 0 aromatic heterocycles. The van der Waals surface area contributed by atoms with E-state index in [4.69, 9.17) is 5.11 Å². The number of nitrogens with one attached hydrogen (secondary N) is 1. The summed E-state index contributed by atoms with van der Waals surface area (Å²) in [5, 5.41) is 11.3. The Labute approximate surface area is 103 Å². The monoisotopic (exact) mass is 261 g/mol. The highest BCUT2D eigenvalue weighted by Crippen LogP contribution is 2.32. The predicted molar refractivity (Wildman–Crippen MR) is 60.2 cm³/mol. The van der Waals surface area contributed by atoms with Gasteiger partial charge >= 0.3 is 12.1 Å². The van der Waals surface area contributed by atoms with Crippen LogP contribution in [0, 0.1) is 0 Å². The Morgan fingerprint density at radius 2 is 2.00 bits per heavy atom. The summed E-state index contributed by atoms with van der Waals surface area (Å²) >= 11 is 0. The average Bonchev–Trinajstić information content (AvgIpc) is 2.28. The minimum absolute atomic E-state index is 0.0630. The maximum absolute atomic E-state index is 12.7. The van der Waals surface area contributed by atoms with Gasteiger partial charge in [0.2, 0.25) is 0 Å². The van der Waals surface area contributed by atoms with Gasteiger partial charge in [0, 0.05) is 0 Å². The van der Waals surface area contributed by atoms with E-state index in [1.807, 2.05) is 0 Å². The van der Waals surface area contributed by atoms with Gasteiger partial charge in [-0.05, 0) is 31.5 Å². The van der Waals surface area contributed by atoms with Gasteiger partial charge in [0.1, 0.15) is 6.04 Å². The van der Waals surface area contributed by atoms with E-state index < -0.39 is 23.8 Å². The zero-order valence-electron chi connectivity index (χ0n) is 9.79. The van der Waals surface area contributed by atoms with Gasteiger partial charge in [0.05, 0.1) is 5.56 Å². The summed E-state index contributed by atoms with van der Waals surface area (Å²) in [7, 11) is 1.47. The van der Waals surface area contributed by atoms with E-state index in [2.05, 4.69) is 5.32 Å². The zero-order chi connectivity index (χ0) is 13.8. The van der Waals surface area contributed by atoms with Crippen molar-refractivity contribution in [2.75, 3.05) is 7.05 Å². The van der Waals surface area contributed by atoms with Gasteiger partial charge in [-0.25, -0.2) is 0 Å². The van der Waals surface area contributed by atoms with Crippen molar-refractivity contribution in [3.8, 4) is 0 Å². The van der Waals surface area contributed by atoms with Gasteiger partial charge < -0.3 is 10.4 Å². The normalized spacial score (nSPS) is 13.3. The van der Waals surface area contributed by atoms with Crippen LogP contribution in [0.3, 0.4) is 0 Å². The average molecular weight is 261 g/mol. The molecule has 1 rings (SSSR count). The molecule has 0 heterocycles. The molecule has 1 aromatic carbocycles. The van der Waals surface area contributed by atoms with E-state index >= 15 is 0 Å². The first-order chi connectivity index (χ1) is 8.36. The highest BCUT2D eigenvalue weighted by molar-refractivity contribution is 5.73. The number of rotatable bonds is 5. The number of alkyl halides is 3. The molecular formula is C12H14F3NO2. The molecule has 1 atom stereocenters. The topological polar surface area (TPSA) is 49.3 Å². The fraction of sp³-hybridized carbons (Fsp3) is 0.417. The molecule has 0 saturated heterocycles. The number of carboxylic acid groups (broad SMARTS) is 1. The number of carbonyl (C=O) groups is 1. The molecule has 2 N–H and O–H groups in total. The van der Waals surface area contributed by atoms with Crippen molar-refractivity contribution < 1.29 is 23.1 Å². The fourth-order valence-corrected chi connectivity index (χ4v) is 1.71. The van der Waals surface area contributed by atoms with Crippen LogP contribution in [-0.4, -0.2) is 24.2 Å². The van der Waals surface area contributed by atoms with Gasteiger partial charge in [-0.2, -0.15) is 13.2 Å². The molecule has 18 heavy (non-hydrogen) atoms. The SMILES string of the molecule is CNC(CCc1ccccc1C(F)(F)F)C(=O)O. The molecule has 1 aromatic rings. The molecule has 100 valence electrons. The van der Waals surface area contributed by atoms with E-state index in [0.717, 1.165) is 6.07 Å². The smallest absolute Gasteiger partial charge is 0.416 e. The molecule has 0 amide bonds. The second-order valence-electron chi connectivity index (χ2n) is 3.87. The largest absolute Gasteiger partial charge is 0.480 e. The van der Waals surface area contributed by atoms with Crippen molar-refractivity contribution in [2.45, 2.75) is 25.1 Å². The van der Waals surface area contributed by atoms with Crippen molar-refractivity contribution in [2.24, 2.45) is 0 Å². The van der Waals surface area contributed by atoms with Gasteiger partial charge in [-0.1, -0.05) is 18.2 Å². The highest BCUT2D eigenvalue weighted by Gasteiger charge is 2.32. The molecular weight excluding hydrogens is 247 g/mol. The Bertz CT molecular complexity index is 418. The van der Waals surface area contributed by atoms with Crippen LogP contribution in [0.5, 0.6) is 0 Å². The molecule has 0 aliphatic rings. The number of aliphatic carboxylic acids is 1. The lowest BCUT2D eigenvalue weighted by Gasteiger charge is -2.15. The maximum Gasteiger partial charge on any atom is 0.416 e. The highest BCUT2D eigenvalue weighted by atomic mass is 19.4. The standard InChI is InChI=1S/C12H14F3NO2/c1-16-10(11(17)18)7-6-8-4-2-3-5-9(8)12(13,14)15/h2-5,10,16H,6-7H2,1H3,(H,17,18). The van der Waals surface area contributed by atoms with Gasteiger partial charge in [-0.15, -0.1) is 0 Å². The van der Waals surface area contributed by atoms with Crippen molar-refractivity contribution >= 4 is 5.97 Å². The second kappa shape index (κ2) is 5.86. The number of halogens is 3. The summed E-state index contributed by atoms with van der Waals surface area (Å²) in [6, 6.07) is 4.37. The molecule has 0 fully saturated rings. The summed E-state index contributed by atoms with van der Waals surface area (Å²) < 4.78 is 38.0. The van der Waals surface area contributed by atoms with Gasteiger partial charge in [0.15, 0.2) is 0 Å². The quantitative estimate of drug-likeness (QED) is 0.855. The van der Waals surface area contributed by atoms with Crippen LogP contribution in [0.4, 0.5) is 13.2 Å². The van der Waals surface area contributed by atoms with E-state index in [1.165, 1.54) is 25.2 Å². The Hall–Kier alpha value is -1.56. The summed E-state index contributed by atoms with van der Waals surface area (Å²) in [5.41, 5.74) is -0.586. The Balaban J connectivity index is 2.82. The lowest BCUT2D eigenvalue weighted by Crippen LogP contribution is -2.34. The van der Waals surface area contributed by atoms with E-state index in [-0.39, 0.29) is 18.4 Å². The molecule has 0 aliphatic heterocycles. The summed E-state index contributed by atoms with van der Waals surface area (Å²) in [4.78, 5) is 10.7. The molecule has 0 saturated carbocycles. The molecule has 6 heteroatoms. The van der Waals surface area contributed by atoms with Crippen LogP contribution >= 0.6 is 0 Å². The minimum atomic E-state index is -4.41. The van der Waals surface area contributed by atoms with Crippen molar-refractivity contribution in [3.05, 3.63) is 35.4 Å². The van der Waals surface area contributed by atoms with Crippen LogP contribution in [-0.2, 0) is 17.4 Å². The van der Waals surface area contributed by atoms with Crippen LogP contribution in [0.25, 0.3) is 0 Å². The molecule has 3 nitrogen and oxygen atoms in total. The number of hydrogen-bond acceptors (Lipinski definition) is 2. The second-order valence-corrected chi connectivity index (χ2v) is 3.87. The first kappa shape index (κ1) is 14.5. The number of likely N-dealkylation sites (N-methyl/N-ethyl adjacent to an activating group) is 1. The van der Waals surface area contributed by atoms with Crippen LogP contribution < -0.4 is 5.32 Å². The molecule has 0 aliphatic carbocycles. The first-order valence-corrected chi connectivity index (χ1v) is 5.41. The third kappa shape index (κ3) is 3.73. The first-order valence-electron chi connectivity index (χ1n) is 5.41. The van der Waals surface area contributed by atoms with Gasteiger partial charge in [0.25, 0.3) is 0 Å². The summed E-state index contributed by atoms with van der Waals surface area (Å²) in [5.74, 6) is -1.07. The van der Waals surface area contributed by atoms with Crippen molar-refractivity contribution in [1.29, 1.82) is 0 Å². The van der Waals surface area contributed by atoms with Crippen molar-refractivity contribution in [3.63, 3.8) is 0 Å². The van der Waals surface area contributed by atoms with E-state index in [0.29, 0.717) is 0 Å². The van der Waals surface area contributed by atoms with Crippen LogP contribution in [0.1, 0.15) is 17.5 Å². The third-order valence-corrected chi connectivity index (χ3v) is 2.67. The minimum Gasteiger partial charge on any atom is -0.480 e. The molecule has 0 radical (unpaired) electrons. The van der Waals surface area contributed by atoms with E-state index in [9.17, 15) is 18.0 Å². The van der Waals surface area contributed by atoms with E-state index in [1.54, 1.807) is 0 Å². The van der Waals surface area contributed by atoms with Crippen LogP contribution in [0.2, 0.25) is 0 Å². The predicted octanol–water partition coefficient (Wildman–Crippen LogP) is 2.31. The number of carboxylic acids is 1. The third-order valence-electron chi connectivity index (χ3n) is 2.67. The Morgan fingerprint density at radius 1 is 1.39 bits per heavy atom. The number of hydrogen-bond donors (Lipinski definition) is 2. The molecule has 0 bridgehead atoms. The van der Waals surface area contributed by atoms with Gasteiger partial charge in [-0.3, -0.25) is 4.79 Å². The lowest BCUT2D eigenvalue weighted by molar-refractivity contribution is -0.139. The number of aryl methyl sites for hydroxylation is 1. The summed E-state index contributed by atoms with van der Waals surface area (Å²) in [6.45, 7) is 0. The summed E-state index contributed by atoms with van der Waals surface area (Å²) in [6.07, 6.45) is -4.23. The maximum atomic E-state index is 12.7. The molecule has 0 spiro atoms. The fourth-order valence-electron chi connectivity index (χ4n) is 1.71. The number of benzene rings is 1. The van der Waals surface area contributed by atoms with Crippen molar-refractivity contribution in [1.82, 2.24) is 5.32 Å². The zero-order valence-corrected chi connectivity index (χ0v) is 9.79. The Kier molecular flexibility index (Phi) is 4.72. The molecule has 1 unspecified atom stereocenters. The van der Waals surface area contributed by atoms with Crippen LogP contribution in [0.15, 0.2) is 24.3 Å². The lowest BCUT2D eigenvalue weighted by atomic mass is 10.00. The Morgan fingerprint density at radius 3 is 2.50 bits per heavy atom.